The molecule has 0 aliphatic carbocycles. The van der Waals surface area contributed by atoms with Gasteiger partial charge in [0, 0.05) is 0 Å². The van der Waals surface area contributed by atoms with E-state index in [-0.39, 0.29) is 19.6 Å². The summed E-state index contributed by atoms with van der Waals surface area (Å²) in [5.74, 6) is -5.62. The molecule has 0 aliphatic rings. The average Bonchev–Trinajstić information content (AvgIpc) is 2.85. The maximum absolute atomic E-state index is 12.9. The van der Waals surface area contributed by atoms with Gasteiger partial charge in [-0.3, -0.25) is 14.4 Å². The lowest BCUT2D eigenvalue weighted by Crippen LogP contribution is -2.38. The zero-order chi connectivity index (χ0) is 24.6. The van der Waals surface area contributed by atoms with Crippen LogP contribution in [-0.2, 0) is 37.1 Å². The van der Waals surface area contributed by atoms with Gasteiger partial charge in [-0.25, -0.2) is 0 Å². The standard InChI is InChI=1S/C28H36O6/c1-2-3-4-5-6-7-14-19-24(26(29)30)25(27(31)33-20-22-15-10-8-11-16-22)28(32)34-21-23-17-12-9-13-18-23/h8-13,15-18,24-25H,2-7,14,19-21H2,1H3,(H,29,30). The molecular weight excluding hydrogens is 432 g/mol. The largest absolute Gasteiger partial charge is 0.481 e. The second-order valence-electron chi connectivity index (χ2n) is 8.52. The van der Waals surface area contributed by atoms with E-state index in [4.69, 9.17) is 9.47 Å². The normalized spacial score (nSPS) is 11.7. The van der Waals surface area contributed by atoms with Crippen LogP contribution in [0.25, 0.3) is 0 Å². The molecular formula is C28H36O6. The molecule has 0 saturated carbocycles. The van der Waals surface area contributed by atoms with Crippen molar-refractivity contribution in [2.75, 3.05) is 0 Å². The highest BCUT2D eigenvalue weighted by Crippen LogP contribution is 2.25. The minimum absolute atomic E-state index is 0.0358. The summed E-state index contributed by atoms with van der Waals surface area (Å²) in [5.41, 5.74) is 1.51. The van der Waals surface area contributed by atoms with Crippen LogP contribution >= 0.6 is 0 Å². The Balaban J connectivity index is 2.04. The van der Waals surface area contributed by atoms with Gasteiger partial charge in [0.05, 0.1) is 5.92 Å². The van der Waals surface area contributed by atoms with Crippen LogP contribution in [0.15, 0.2) is 60.7 Å². The second kappa shape index (κ2) is 15.6. The number of hydrogen-bond acceptors (Lipinski definition) is 5. The summed E-state index contributed by atoms with van der Waals surface area (Å²) in [7, 11) is 0. The molecule has 0 heterocycles. The summed E-state index contributed by atoms with van der Waals surface area (Å²) in [4.78, 5) is 38.0. The topological polar surface area (TPSA) is 89.9 Å². The maximum atomic E-state index is 12.9. The van der Waals surface area contributed by atoms with E-state index in [0.717, 1.165) is 30.4 Å². The van der Waals surface area contributed by atoms with Crippen LogP contribution in [0.4, 0.5) is 0 Å². The zero-order valence-electron chi connectivity index (χ0n) is 20.0. The second-order valence-corrected chi connectivity index (χ2v) is 8.52. The molecule has 0 bridgehead atoms. The molecule has 2 rings (SSSR count). The van der Waals surface area contributed by atoms with Gasteiger partial charge in [0.15, 0.2) is 5.92 Å². The molecule has 2 aromatic rings. The first-order valence-corrected chi connectivity index (χ1v) is 12.2. The molecule has 6 heteroatoms. The molecule has 0 aliphatic heterocycles. The van der Waals surface area contributed by atoms with Crippen molar-refractivity contribution in [1.82, 2.24) is 0 Å². The molecule has 1 N–H and O–H groups in total. The summed E-state index contributed by atoms with van der Waals surface area (Å²) >= 11 is 0. The first-order valence-electron chi connectivity index (χ1n) is 12.2. The molecule has 0 radical (unpaired) electrons. The third kappa shape index (κ3) is 9.77. The molecule has 34 heavy (non-hydrogen) atoms. The number of hydrogen-bond donors (Lipinski definition) is 1. The number of carboxylic acid groups (broad SMARTS) is 1. The van der Waals surface area contributed by atoms with Crippen molar-refractivity contribution in [2.45, 2.75) is 71.5 Å². The van der Waals surface area contributed by atoms with E-state index in [2.05, 4.69) is 6.92 Å². The monoisotopic (exact) mass is 468 g/mol. The Morgan fingerprint density at radius 3 is 1.59 bits per heavy atom. The first kappa shape index (κ1) is 27.1. The van der Waals surface area contributed by atoms with Gasteiger partial charge in [0.25, 0.3) is 0 Å². The lowest BCUT2D eigenvalue weighted by molar-refractivity contribution is -0.171. The van der Waals surface area contributed by atoms with Gasteiger partial charge < -0.3 is 14.6 Å². The SMILES string of the molecule is CCCCCCCCCC(C(=O)O)C(C(=O)OCc1ccccc1)C(=O)OCc1ccccc1. The molecule has 0 aromatic heterocycles. The quantitative estimate of drug-likeness (QED) is 0.187. The Labute approximate surface area is 202 Å². The highest BCUT2D eigenvalue weighted by Gasteiger charge is 2.41. The van der Waals surface area contributed by atoms with Gasteiger partial charge in [0.2, 0.25) is 0 Å². The summed E-state index contributed by atoms with van der Waals surface area (Å²) in [5, 5.41) is 9.87. The lowest BCUT2D eigenvalue weighted by Gasteiger charge is -2.21. The third-order valence-electron chi connectivity index (χ3n) is 5.79. The van der Waals surface area contributed by atoms with E-state index >= 15 is 0 Å². The van der Waals surface area contributed by atoms with E-state index in [0.29, 0.717) is 6.42 Å². The number of carboxylic acids is 1. The Kier molecular flexibility index (Phi) is 12.5. The average molecular weight is 469 g/mol. The zero-order valence-corrected chi connectivity index (χ0v) is 20.0. The van der Waals surface area contributed by atoms with E-state index in [9.17, 15) is 19.5 Å². The lowest BCUT2D eigenvalue weighted by atomic mass is 9.87. The minimum Gasteiger partial charge on any atom is -0.481 e. The van der Waals surface area contributed by atoms with Crippen molar-refractivity contribution >= 4 is 17.9 Å². The Hall–Kier alpha value is -3.15. The Bertz CT molecular complexity index is 809. The number of carbonyl (C=O) groups excluding carboxylic acids is 2. The van der Waals surface area contributed by atoms with E-state index in [1.54, 1.807) is 24.3 Å². The smallest absolute Gasteiger partial charge is 0.321 e. The number of ether oxygens (including phenoxy) is 2. The third-order valence-corrected chi connectivity index (χ3v) is 5.79. The molecule has 0 fully saturated rings. The Morgan fingerprint density at radius 1 is 0.706 bits per heavy atom. The van der Waals surface area contributed by atoms with Crippen molar-refractivity contribution < 1.29 is 29.0 Å². The van der Waals surface area contributed by atoms with Gasteiger partial charge >= 0.3 is 17.9 Å². The van der Waals surface area contributed by atoms with Gasteiger partial charge in [-0.1, -0.05) is 113 Å². The van der Waals surface area contributed by atoms with Gasteiger partial charge in [-0.05, 0) is 17.5 Å². The number of esters is 2. The van der Waals surface area contributed by atoms with Crippen LogP contribution < -0.4 is 0 Å². The number of aliphatic carboxylic acids is 1. The van der Waals surface area contributed by atoms with Crippen LogP contribution in [-0.4, -0.2) is 23.0 Å². The van der Waals surface area contributed by atoms with Crippen LogP contribution in [0.3, 0.4) is 0 Å². The predicted molar refractivity (Wildman–Crippen MR) is 130 cm³/mol. The molecule has 0 spiro atoms. The number of carbonyl (C=O) groups is 3. The van der Waals surface area contributed by atoms with E-state index < -0.39 is 29.7 Å². The maximum Gasteiger partial charge on any atom is 0.321 e. The van der Waals surface area contributed by atoms with Gasteiger partial charge in [0.1, 0.15) is 13.2 Å². The summed E-state index contributed by atoms with van der Waals surface area (Å²) in [6, 6.07) is 18.1. The van der Waals surface area contributed by atoms with Crippen molar-refractivity contribution in [1.29, 1.82) is 0 Å². The first-order chi connectivity index (χ1) is 16.5. The van der Waals surface area contributed by atoms with Crippen molar-refractivity contribution in [3.8, 4) is 0 Å². The Morgan fingerprint density at radius 2 is 1.15 bits per heavy atom. The van der Waals surface area contributed by atoms with E-state index in [1.807, 2.05) is 36.4 Å². The fourth-order valence-electron chi connectivity index (χ4n) is 3.82. The highest BCUT2D eigenvalue weighted by molar-refractivity contribution is 5.98. The fraction of sp³-hybridized carbons (Fsp3) is 0.464. The fourth-order valence-corrected chi connectivity index (χ4v) is 3.82. The molecule has 0 saturated heterocycles. The summed E-state index contributed by atoms with van der Waals surface area (Å²) in [6.07, 6.45) is 7.34. The minimum atomic E-state index is -1.51. The van der Waals surface area contributed by atoms with Crippen molar-refractivity contribution in [3.05, 3.63) is 71.8 Å². The summed E-state index contributed by atoms with van der Waals surface area (Å²) < 4.78 is 10.7. The van der Waals surface area contributed by atoms with Crippen LogP contribution in [0, 0.1) is 11.8 Å². The number of rotatable bonds is 16. The van der Waals surface area contributed by atoms with Crippen LogP contribution in [0.5, 0.6) is 0 Å². The molecule has 1 unspecified atom stereocenters. The number of unbranched alkanes of at least 4 members (excludes halogenated alkanes) is 6. The molecule has 1 atom stereocenters. The number of benzene rings is 2. The summed E-state index contributed by atoms with van der Waals surface area (Å²) in [6.45, 7) is 2.09. The van der Waals surface area contributed by atoms with Crippen molar-refractivity contribution in [3.63, 3.8) is 0 Å². The molecule has 2 aromatic carbocycles. The molecule has 6 nitrogen and oxygen atoms in total. The van der Waals surface area contributed by atoms with Crippen molar-refractivity contribution in [2.24, 2.45) is 11.8 Å². The molecule has 0 amide bonds. The predicted octanol–water partition coefficient (Wildman–Crippen LogP) is 5.93. The van der Waals surface area contributed by atoms with Gasteiger partial charge in [-0.15, -0.1) is 0 Å². The van der Waals surface area contributed by atoms with E-state index in [1.165, 1.54) is 19.3 Å². The van der Waals surface area contributed by atoms with Gasteiger partial charge in [-0.2, -0.15) is 0 Å². The molecule has 184 valence electrons. The van der Waals surface area contributed by atoms with Crippen LogP contribution in [0.1, 0.15) is 69.4 Å². The van der Waals surface area contributed by atoms with Crippen LogP contribution in [0.2, 0.25) is 0 Å². The highest BCUT2D eigenvalue weighted by atomic mass is 16.6.